The number of halogens is 1. The predicted octanol–water partition coefficient (Wildman–Crippen LogP) is 1.63. The molecule has 0 spiro atoms. The number of carbonyl (C=O) groups excluding carboxylic acids is 1. The third kappa shape index (κ3) is 6.75. The molecule has 2 heterocycles. The quantitative estimate of drug-likeness (QED) is 0.363. The van der Waals surface area contributed by atoms with Crippen LogP contribution in [0.2, 0.25) is 0 Å². The van der Waals surface area contributed by atoms with Gasteiger partial charge in [-0.1, -0.05) is 12.8 Å². The monoisotopic (exact) mass is 501 g/mol. The minimum absolute atomic E-state index is 0. The summed E-state index contributed by atoms with van der Waals surface area (Å²) in [5, 5.41) is 7.08. The molecule has 0 unspecified atom stereocenters. The molecule has 2 aliphatic rings. The zero-order valence-corrected chi connectivity index (χ0v) is 19.1. The molecule has 8 nitrogen and oxygen atoms in total. The van der Waals surface area contributed by atoms with Gasteiger partial charge in [-0.15, -0.1) is 24.0 Å². The van der Waals surface area contributed by atoms with E-state index in [2.05, 4.69) is 30.5 Å². The lowest BCUT2D eigenvalue weighted by atomic mass is 10.1. The van der Waals surface area contributed by atoms with Crippen LogP contribution in [0, 0.1) is 0 Å². The molecule has 0 bridgehead atoms. The second-order valence-electron chi connectivity index (χ2n) is 7.53. The van der Waals surface area contributed by atoms with Crippen molar-refractivity contribution >= 4 is 41.8 Å². The minimum atomic E-state index is 0. The number of amides is 1. The number of anilines is 1. The summed E-state index contributed by atoms with van der Waals surface area (Å²) >= 11 is 0. The Morgan fingerprint density at radius 3 is 2.25 bits per heavy atom. The number of guanidine groups is 1. The van der Waals surface area contributed by atoms with Crippen molar-refractivity contribution in [2.45, 2.75) is 50.6 Å². The van der Waals surface area contributed by atoms with Crippen LogP contribution in [-0.2, 0) is 4.79 Å². The Morgan fingerprint density at radius 2 is 1.68 bits per heavy atom. The van der Waals surface area contributed by atoms with E-state index in [0.29, 0.717) is 12.1 Å². The van der Waals surface area contributed by atoms with Gasteiger partial charge in [-0.3, -0.25) is 4.79 Å². The third-order valence-corrected chi connectivity index (χ3v) is 5.24. The SMILES string of the molecule is CN(C)C(=O)CN=C(NC1CCCC1)NC1CCN(c2ncccn2)CC1.I. The number of piperidine rings is 1. The molecule has 1 aromatic rings. The second-order valence-corrected chi connectivity index (χ2v) is 7.53. The van der Waals surface area contributed by atoms with Crippen LogP contribution < -0.4 is 15.5 Å². The Balaban J connectivity index is 0.00000280. The first-order valence-corrected chi connectivity index (χ1v) is 9.91. The molecule has 1 saturated carbocycles. The Hall–Kier alpha value is -1.65. The van der Waals surface area contributed by atoms with E-state index < -0.39 is 0 Å². The van der Waals surface area contributed by atoms with Crippen molar-refractivity contribution in [2.24, 2.45) is 4.99 Å². The molecule has 9 heteroatoms. The number of nitrogens with one attached hydrogen (secondary N) is 2. The van der Waals surface area contributed by atoms with Crippen LogP contribution in [0.15, 0.2) is 23.5 Å². The summed E-state index contributed by atoms with van der Waals surface area (Å²) in [5.74, 6) is 1.58. The maximum Gasteiger partial charge on any atom is 0.243 e. The van der Waals surface area contributed by atoms with Gasteiger partial charge in [-0.05, 0) is 31.7 Å². The summed E-state index contributed by atoms with van der Waals surface area (Å²) in [6, 6.07) is 2.64. The van der Waals surface area contributed by atoms with E-state index in [4.69, 9.17) is 0 Å². The van der Waals surface area contributed by atoms with Crippen molar-refractivity contribution in [3.63, 3.8) is 0 Å². The average Bonchev–Trinajstić information content (AvgIpc) is 3.20. The number of hydrogen-bond acceptors (Lipinski definition) is 5. The van der Waals surface area contributed by atoms with Gasteiger partial charge in [0.05, 0.1) is 0 Å². The highest BCUT2D eigenvalue weighted by atomic mass is 127. The van der Waals surface area contributed by atoms with Gasteiger partial charge in [0.1, 0.15) is 6.54 Å². The summed E-state index contributed by atoms with van der Waals surface area (Å²) < 4.78 is 0. The summed E-state index contributed by atoms with van der Waals surface area (Å²) in [6.45, 7) is 2.00. The topological polar surface area (TPSA) is 85.8 Å². The van der Waals surface area contributed by atoms with E-state index >= 15 is 0 Å². The van der Waals surface area contributed by atoms with E-state index in [-0.39, 0.29) is 36.4 Å². The Bertz CT molecular complexity index is 626. The molecule has 2 fully saturated rings. The molecule has 3 rings (SSSR count). The van der Waals surface area contributed by atoms with Gasteiger partial charge in [0.15, 0.2) is 5.96 Å². The molecule has 156 valence electrons. The average molecular weight is 501 g/mol. The molecule has 28 heavy (non-hydrogen) atoms. The Morgan fingerprint density at radius 1 is 1.11 bits per heavy atom. The minimum Gasteiger partial charge on any atom is -0.354 e. The Kier molecular flexibility index (Phi) is 9.20. The number of aliphatic imine (C=N–C) groups is 1. The van der Waals surface area contributed by atoms with Crippen molar-refractivity contribution in [3.05, 3.63) is 18.5 Å². The lowest BCUT2D eigenvalue weighted by Crippen LogP contribution is -2.51. The largest absolute Gasteiger partial charge is 0.354 e. The van der Waals surface area contributed by atoms with Crippen molar-refractivity contribution in [3.8, 4) is 0 Å². The summed E-state index contributed by atoms with van der Waals surface area (Å²) in [4.78, 5) is 28.9. The zero-order valence-electron chi connectivity index (χ0n) is 16.8. The molecule has 1 saturated heterocycles. The molecule has 0 atom stereocenters. The first-order valence-electron chi connectivity index (χ1n) is 9.91. The fraction of sp³-hybridized carbons (Fsp3) is 0.684. The van der Waals surface area contributed by atoms with Crippen LogP contribution in [0.3, 0.4) is 0 Å². The molecule has 1 amide bonds. The number of nitrogens with zero attached hydrogens (tertiary/aromatic N) is 5. The van der Waals surface area contributed by atoms with Crippen molar-refractivity contribution in [1.82, 2.24) is 25.5 Å². The number of aromatic nitrogens is 2. The fourth-order valence-corrected chi connectivity index (χ4v) is 3.56. The summed E-state index contributed by atoms with van der Waals surface area (Å²) in [5.41, 5.74) is 0. The molecule has 1 aliphatic heterocycles. The van der Waals surface area contributed by atoms with Crippen LogP contribution in [0.1, 0.15) is 38.5 Å². The highest BCUT2D eigenvalue weighted by Gasteiger charge is 2.23. The second kappa shape index (κ2) is 11.4. The zero-order chi connectivity index (χ0) is 19.1. The van der Waals surface area contributed by atoms with E-state index in [0.717, 1.165) is 37.8 Å². The maximum atomic E-state index is 11.9. The number of carbonyl (C=O) groups is 1. The van der Waals surface area contributed by atoms with Gasteiger partial charge in [0.2, 0.25) is 11.9 Å². The van der Waals surface area contributed by atoms with Gasteiger partial charge < -0.3 is 20.4 Å². The van der Waals surface area contributed by atoms with Crippen LogP contribution >= 0.6 is 24.0 Å². The molecular formula is C19H32IN7O. The predicted molar refractivity (Wildman–Crippen MR) is 122 cm³/mol. The molecule has 1 aromatic heterocycles. The van der Waals surface area contributed by atoms with Gasteiger partial charge in [-0.2, -0.15) is 0 Å². The number of rotatable bonds is 5. The Labute approximate surface area is 184 Å². The fourth-order valence-electron chi connectivity index (χ4n) is 3.56. The molecule has 0 aromatic carbocycles. The smallest absolute Gasteiger partial charge is 0.243 e. The first kappa shape index (κ1) is 22.6. The van der Waals surface area contributed by atoms with E-state index in [1.807, 2.05) is 6.07 Å². The van der Waals surface area contributed by atoms with E-state index in [1.165, 1.54) is 25.7 Å². The molecule has 1 aliphatic carbocycles. The molecule has 2 N–H and O–H groups in total. The third-order valence-electron chi connectivity index (χ3n) is 5.24. The normalized spacial score (nSPS) is 18.5. The van der Waals surface area contributed by atoms with E-state index in [1.54, 1.807) is 31.4 Å². The molecular weight excluding hydrogens is 469 g/mol. The van der Waals surface area contributed by atoms with Crippen molar-refractivity contribution in [2.75, 3.05) is 38.6 Å². The molecule has 0 radical (unpaired) electrons. The van der Waals surface area contributed by atoms with Gasteiger partial charge in [-0.25, -0.2) is 15.0 Å². The van der Waals surface area contributed by atoms with Crippen molar-refractivity contribution in [1.29, 1.82) is 0 Å². The van der Waals surface area contributed by atoms with Crippen LogP contribution in [-0.4, -0.2) is 72.5 Å². The lowest BCUT2D eigenvalue weighted by molar-refractivity contribution is -0.127. The summed E-state index contributed by atoms with van der Waals surface area (Å²) in [6.07, 6.45) is 10.4. The van der Waals surface area contributed by atoms with E-state index in [9.17, 15) is 4.79 Å². The van der Waals surface area contributed by atoms with Gasteiger partial charge in [0.25, 0.3) is 0 Å². The van der Waals surface area contributed by atoms with Crippen LogP contribution in [0.5, 0.6) is 0 Å². The van der Waals surface area contributed by atoms with Crippen molar-refractivity contribution < 1.29 is 4.79 Å². The number of hydrogen-bond donors (Lipinski definition) is 2. The van der Waals surface area contributed by atoms with Crippen LogP contribution in [0.25, 0.3) is 0 Å². The highest BCUT2D eigenvalue weighted by Crippen LogP contribution is 2.18. The standard InChI is InChI=1S/C19H31N7O.HI/c1-25(2)17(27)14-22-18(23-15-6-3-4-7-15)24-16-8-12-26(13-9-16)19-20-10-5-11-21-19;/h5,10-11,15-16H,3-4,6-9,12-14H2,1-2H3,(H2,22,23,24);1H. The number of likely N-dealkylation sites (N-methyl/N-ethyl adjacent to an activating group) is 1. The maximum absolute atomic E-state index is 11.9. The van der Waals surface area contributed by atoms with Gasteiger partial charge >= 0.3 is 0 Å². The van der Waals surface area contributed by atoms with Gasteiger partial charge in [0, 0.05) is 51.7 Å². The van der Waals surface area contributed by atoms with Crippen LogP contribution in [0.4, 0.5) is 5.95 Å². The summed E-state index contributed by atoms with van der Waals surface area (Å²) in [7, 11) is 3.52. The first-order chi connectivity index (χ1) is 13.1. The lowest BCUT2D eigenvalue weighted by Gasteiger charge is -2.33. The highest BCUT2D eigenvalue weighted by molar-refractivity contribution is 14.0.